The second-order valence-electron chi connectivity index (χ2n) is 7.64. The summed E-state index contributed by atoms with van der Waals surface area (Å²) in [6, 6.07) is 10.4. The molecular formula is C24H13F3O9. The first kappa shape index (κ1) is 24.3. The Hall–Kier alpha value is -4.87. The summed E-state index contributed by atoms with van der Waals surface area (Å²) in [7, 11) is 0. The molecule has 9 nitrogen and oxygen atoms in total. The van der Waals surface area contributed by atoms with E-state index in [9.17, 15) is 39.6 Å². The fourth-order valence-electron chi connectivity index (χ4n) is 4.59. The van der Waals surface area contributed by atoms with Crippen LogP contribution in [-0.4, -0.2) is 50.5 Å². The van der Waals surface area contributed by atoms with E-state index in [0.29, 0.717) is 0 Å². The van der Waals surface area contributed by atoms with E-state index in [2.05, 4.69) is 0 Å². The van der Waals surface area contributed by atoms with Crippen molar-refractivity contribution in [2.75, 3.05) is 0 Å². The average molecular weight is 502 g/mol. The van der Waals surface area contributed by atoms with Crippen LogP contribution in [0.2, 0.25) is 0 Å². The maximum atomic E-state index is 15.3. The van der Waals surface area contributed by atoms with Gasteiger partial charge < -0.3 is 25.2 Å². The van der Waals surface area contributed by atoms with E-state index in [4.69, 9.17) is 4.74 Å². The van der Waals surface area contributed by atoms with Crippen molar-refractivity contribution in [2.45, 2.75) is 11.6 Å². The number of alkyl halides is 3. The standard InChI is InChI=1S/C24H13F3O9/c25-24(26,27)23(10-6-2-1-3-7-10)11-8-4-5-9-12(11)36-18-16(22(34)35)14(20(30)31)13(19(28)29)15(17(18)23)21(32)33/h1-9H,(H,28,29)(H,30,31)(H,32,33)(H,34,35). The van der Waals surface area contributed by atoms with Gasteiger partial charge in [-0.25, -0.2) is 19.2 Å². The van der Waals surface area contributed by atoms with Crippen molar-refractivity contribution in [3.8, 4) is 11.5 Å². The molecule has 0 fully saturated rings. The molecule has 4 N–H and O–H groups in total. The van der Waals surface area contributed by atoms with Crippen molar-refractivity contribution in [3.63, 3.8) is 0 Å². The van der Waals surface area contributed by atoms with Gasteiger partial charge in [0.05, 0.1) is 16.7 Å². The van der Waals surface area contributed by atoms with Gasteiger partial charge in [-0.15, -0.1) is 0 Å². The highest BCUT2D eigenvalue weighted by Gasteiger charge is 2.64. The first-order valence-electron chi connectivity index (χ1n) is 9.92. The Morgan fingerprint density at radius 1 is 0.667 bits per heavy atom. The number of hydrogen-bond acceptors (Lipinski definition) is 5. The number of ether oxygens (including phenoxy) is 1. The predicted octanol–water partition coefficient (Wildman–Crippen LogP) is 4.48. The summed E-state index contributed by atoms with van der Waals surface area (Å²) in [5, 5.41) is 39.2. The lowest BCUT2D eigenvalue weighted by Gasteiger charge is -2.43. The van der Waals surface area contributed by atoms with Gasteiger partial charge in [0.25, 0.3) is 0 Å². The molecule has 0 spiro atoms. The molecule has 0 aromatic heterocycles. The Morgan fingerprint density at radius 3 is 1.64 bits per heavy atom. The molecule has 0 saturated heterocycles. The second kappa shape index (κ2) is 8.12. The van der Waals surface area contributed by atoms with Crippen molar-refractivity contribution in [1.29, 1.82) is 0 Å². The summed E-state index contributed by atoms with van der Waals surface area (Å²) in [5.41, 5.74) is -12.2. The minimum Gasteiger partial charge on any atom is -0.478 e. The Balaban J connectivity index is 2.45. The van der Waals surface area contributed by atoms with Crippen LogP contribution in [-0.2, 0) is 5.41 Å². The van der Waals surface area contributed by atoms with Crippen LogP contribution < -0.4 is 4.74 Å². The molecule has 0 bridgehead atoms. The molecule has 36 heavy (non-hydrogen) atoms. The molecule has 12 heteroatoms. The molecule has 0 saturated carbocycles. The lowest BCUT2D eigenvalue weighted by atomic mass is 9.64. The van der Waals surface area contributed by atoms with Gasteiger partial charge >= 0.3 is 30.1 Å². The van der Waals surface area contributed by atoms with E-state index >= 15 is 13.2 Å². The predicted molar refractivity (Wildman–Crippen MR) is 113 cm³/mol. The summed E-state index contributed by atoms with van der Waals surface area (Å²) in [4.78, 5) is 48.7. The second-order valence-corrected chi connectivity index (χ2v) is 7.64. The van der Waals surface area contributed by atoms with Crippen molar-refractivity contribution in [1.82, 2.24) is 0 Å². The molecule has 1 heterocycles. The van der Waals surface area contributed by atoms with Crippen LogP contribution in [0.4, 0.5) is 13.2 Å². The number of aromatic carboxylic acids is 4. The average Bonchev–Trinajstić information content (AvgIpc) is 2.80. The number of carbonyl (C=O) groups is 4. The fraction of sp³-hybridized carbons (Fsp3) is 0.0833. The van der Waals surface area contributed by atoms with Gasteiger partial charge in [0, 0.05) is 11.1 Å². The van der Waals surface area contributed by atoms with Crippen LogP contribution in [0.5, 0.6) is 11.5 Å². The highest BCUT2D eigenvalue weighted by molar-refractivity contribution is 6.16. The molecule has 1 aliphatic heterocycles. The maximum Gasteiger partial charge on any atom is 0.406 e. The highest BCUT2D eigenvalue weighted by atomic mass is 19.4. The third-order valence-electron chi connectivity index (χ3n) is 5.82. The molecule has 1 unspecified atom stereocenters. The minimum atomic E-state index is -5.40. The van der Waals surface area contributed by atoms with E-state index in [1.807, 2.05) is 0 Å². The van der Waals surface area contributed by atoms with Crippen molar-refractivity contribution >= 4 is 23.9 Å². The van der Waals surface area contributed by atoms with Gasteiger partial charge in [0.2, 0.25) is 0 Å². The molecule has 3 aromatic carbocycles. The van der Waals surface area contributed by atoms with Crippen LogP contribution in [0.3, 0.4) is 0 Å². The number of halogens is 3. The number of rotatable bonds is 5. The van der Waals surface area contributed by atoms with Gasteiger partial charge in [0.1, 0.15) is 22.5 Å². The Kier molecular flexibility index (Phi) is 5.47. The van der Waals surface area contributed by atoms with Crippen LogP contribution in [0.25, 0.3) is 0 Å². The van der Waals surface area contributed by atoms with Crippen molar-refractivity contribution in [3.05, 3.63) is 93.5 Å². The summed E-state index contributed by atoms with van der Waals surface area (Å²) in [6.45, 7) is 0. The van der Waals surface area contributed by atoms with Crippen LogP contribution in [0, 0.1) is 0 Å². The SMILES string of the molecule is O=C(O)c1c2c(c(C(=O)O)c(C(=O)O)c1C(=O)O)C(c1ccccc1)(C(F)(F)F)c1ccccc1O2. The number of benzene rings is 3. The number of para-hydroxylation sites is 1. The first-order chi connectivity index (χ1) is 16.9. The molecule has 0 radical (unpaired) electrons. The quantitative estimate of drug-likeness (QED) is 0.395. The van der Waals surface area contributed by atoms with E-state index in [1.54, 1.807) is 0 Å². The number of hydrogen-bond donors (Lipinski definition) is 4. The van der Waals surface area contributed by atoms with E-state index < -0.39 is 85.9 Å². The monoisotopic (exact) mass is 502 g/mol. The molecule has 3 aromatic rings. The molecule has 1 atom stereocenters. The fourth-order valence-corrected chi connectivity index (χ4v) is 4.59. The maximum absolute atomic E-state index is 15.3. The summed E-state index contributed by atoms with van der Waals surface area (Å²) >= 11 is 0. The van der Waals surface area contributed by atoms with E-state index in [-0.39, 0.29) is 0 Å². The van der Waals surface area contributed by atoms with Gasteiger partial charge in [0.15, 0.2) is 0 Å². The summed E-state index contributed by atoms with van der Waals surface area (Å²) in [6.07, 6.45) is -5.40. The third-order valence-corrected chi connectivity index (χ3v) is 5.82. The zero-order valence-corrected chi connectivity index (χ0v) is 17.7. The van der Waals surface area contributed by atoms with Gasteiger partial charge in [-0.05, 0) is 11.6 Å². The molecule has 1 aliphatic rings. The largest absolute Gasteiger partial charge is 0.478 e. The van der Waals surface area contributed by atoms with Crippen molar-refractivity contribution in [2.24, 2.45) is 0 Å². The van der Waals surface area contributed by atoms with Gasteiger partial charge in [-0.1, -0.05) is 48.5 Å². The molecule has 0 amide bonds. The lowest BCUT2D eigenvalue weighted by molar-refractivity contribution is -0.168. The zero-order chi connectivity index (χ0) is 26.6. The topological polar surface area (TPSA) is 158 Å². The number of fused-ring (bicyclic) bond motifs is 2. The lowest BCUT2D eigenvalue weighted by Crippen LogP contribution is -2.48. The molecule has 4 rings (SSSR count). The normalized spacial score (nSPS) is 16.3. The molecular weight excluding hydrogens is 489 g/mol. The number of carboxylic acids is 4. The zero-order valence-electron chi connectivity index (χ0n) is 17.7. The van der Waals surface area contributed by atoms with Gasteiger partial charge in [-0.2, -0.15) is 13.2 Å². The van der Waals surface area contributed by atoms with Crippen LogP contribution >= 0.6 is 0 Å². The Bertz CT molecular complexity index is 1460. The summed E-state index contributed by atoms with van der Waals surface area (Å²) in [5.74, 6) is -10.6. The Morgan fingerprint density at radius 2 is 1.14 bits per heavy atom. The smallest absolute Gasteiger partial charge is 0.406 e. The minimum absolute atomic E-state index is 0.524. The van der Waals surface area contributed by atoms with Crippen LogP contribution in [0.1, 0.15) is 58.1 Å². The molecule has 0 aliphatic carbocycles. The van der Waals surface area contributed by atoms with Gasteiger partial charge in [-0.3, -0.25) is 0 Å². The summed E-state index contributed by atoms with van der Waals surface area (Å²) < 4.78 is 51.5. The first-order valence-corrected chi connectivity index (χ1v) is 9.92. The van der Waals surface area contributed by atoms with E-state index in [0.717, 1.165) is 24.3 Å². The Labute approximate surface area is 198 Å². The number of carboxylic acid groups (broad SMARTS) is 4. The van der Waals surface area contributed by atoms with Crippen LogP contribution in [0.15, 0.2) is 54.6 Å². The third kappa shape index (κ3) is 3.18. The van der Waals surface area contributed by atoms with E-state index in [1.165, 1.54) is 30.3 Å². The molecule has 184 valence electrons. The van der Waals surface area contributed by atoms with Crippen molar-refractivity contribution < 1.29 is 57.5 Å². The highest BCUT2D eigenvalue weighted by Crippen LogP contribution is 2.61.